The number of hydrogen-bond donors (Lipinski definition) is 2. The summed E-state index contributed by atoms with van der Waals surface area (Å²) < 4.78 is 0. The van der Waals surface area contributed by atoms with E-state index >= 15 is 0 Å². The van der Waals surface area contributed by atoms with Gasteiger partial charge in [0.25, 0.3) is 5.91 Å². The van der Waals surface area contributed by atoms with Gasteiger partial charge in [-0.15, -0.1) is 0 Å². The van der Waals surface area contributed by atoms with Gasteiger partial charge in [-0.2, -0.15) is 0 Å². The topological polar surface area (TPSA) is 108 Å². The van der Waals surface area contributed by atoms with Crippen LogP contribution in [0.25, 0.3) is 0 Å². The van der Waals surface area contributed by atoms with Crippen molar-refractivity contribution in [2.75, 3.05) is 38.0 Å². The van der Waals surface area contributed by atoms with Gasteiger partial charge in [0.2, 0.25) is 11.8 Å². The van der Waals surface area contributed by atoms with Crippen molar-refractivity contribution in [1.82, 2.24) is 25.1 Å². The van der Waals surface area contributed by atoms with Crippen molar-refractivity contribution in [2.24, 2.45) is 0 Å². The van der Waals surface area contributed by atoms with Crippen LogP contribution in [0.3, 0.4) is 0 Å². The number of likely N-dealkylation sites (tertiary alicyclic amines) is 1. The van der Waals surface area contributed by atoms with Crippen LogP contribution in [0.15, 0.2) is 36.5 Å². The summed E-state index contributed by atoms with van der Waals surface area (Å²) in [5.74, 6) is 0.207. The van der Waals surface area contributed by atoms with Crippen LogP contribution in [0.5, 0.6) is 0 Å². The Morgan fingerprint density at radius 1 is 1.23 bits per heavy atom. The fraction of sp³-hybridized carbons (Fsp3) is 0.409. The van der Waals surface area contributed by atoms with Gasteiger partial charge in [0.05, 0.1) is 30.4 Å². The van der Waals surface area contributed by atoms with Crippen molar-refractivity contribution in [3.8, 4) is 0 Å². The molecule has 0 radical (unpaired) electrons. The number of anilines is 1. The lowest BCUT2D eigenvalue weighted by atomic mass is 10.1. The summed E-state index contributed by atoms with van der Waals surface area (Å²) in [4.78, 5) is 49.7. The van der Waals surface area contributed by atoms with Gasteiger partial charge in [-0.05, 0) is 31.9 Å². The molecule has 0 unspecified atom stereocenters. The number of carbonyl (C=O) groups is 3. The van der Waals surface area contributed by atoms with Gasteiger partial charge >= 0.3 is 0 Å². The van der Waals surface area contributed by atoms with E-state index in [1.54, 1.807) is 11.8 Å². The first-order chi connectivity index (χ1) is 15.0. The van der Waals surface area contributed by atoms with Crippen molar-refractivity contribution in [3.63, 3.8) is 0 Å². The number of nitrogens with zero attached hydrogens (tertiary/aromatic N) is 4. The van der Waals surface area contributed by atoms with Crippen LogP contribution < -0.4 is 10.6 Å². The summed E-state index contributed by atoms with van der Waals surface area (Å²) in [6, 6.07) is 9.00. The normalized spacial score (nSPS) is 19.2. The number of carbonyl (C=O) groups excluding carboxylic acids is 3. The van der Waals surface area contributed by atoms with E-state index in [0.717, 1.165) is 12.8 Å². The SMILES string of the molecule is Cc1nc([C@@H]2CCCN2C(=O)CN2CCNC(=O)C2)ncc1C(=O)Nc1ccccc1. The molecular formula is C22H26N6O3. The van der Waals surface area contributed by atoms with Crippen molar-refractivity contribution in [1.29, 1.82) is 0 Å². The van der Waals surface area contributed by atoms with Crippen LogP contribution in [0.1, 0.15) is 40.8 Å². The van der Waals surface area contributed by atoms with E-state index in [-0.39, 0.29) is 36.9 Å². The van der Waals surface area contributed by atoms with Gasteiger partial charge in [-0.25, -0.2) is 9.97 Å². The van der Waals surface area contributed by atoms with E-state index in [2.05, 4.69) is 20.6 Å². The monoisotopic (exact) mass is 422 g/mol. The van der Waals surface area contributed by atoms with Crippen LogP contribution in [-0.4, -0.2) is 70.2 Å². The molecule has 9 nitrogen and oxygen atoms in total. The molecule has 31 heavy (non-hydrogen) atoms. The predicted molar refractivity (Wildman–Crippen MR) is 114 cm³/mol. The fourth-order valence-electron chi connectivity index (χ4n) is 4.03. The summed E-state index contributed by atoms with van der Waals surface area (Å²) in [5, 5.41) is 5.61. The third kappa shape index (κ3) is 4.88. The Morgan fingerprint density at radius 2 is 2.03 bits per heavy atom. The molecule has 2 fully saturated rings. The first-order valence-corrected chi connectivity index (χ1v) is 10.5. The van der Waals surface area contributed by atoms with Crippen molar-refractivity contribution >= 4 is 23.4 Å². The summed E-state index contributed by atoms with van der Waals surface area (Å²) in [6.45, 7) is 4.09. The van der Waals surface area contributed by atoms with Gasteiger partial charge in [0, 0.05) is 31.5 Å². The molecule has 0 aliphatic carbocycles. The highest BCUT2D eigenvalue weighted by atomic mass is 16.2. The van der Waals surface area contributed by atoms with Crippen LogP contribution in [-0.2, 0) is 9.59 Å². The fourth-order valence-corrected chi connectivity index (χ4v) is 4.03. The molecule has 1 aromatic heterocycles. The second kappa shape index (κ2) is 9.22. The maximum Gasteiger partial charge on any atom is 0.259 e. The third-order valence-electron chi connectivity index (χ3n) is 5.62. The maximum atomic E-state index is 12.9. The standard InChI is InChI=1S/C22H26N6O3/c1-15-17(22(31)26-16-6-3-2-4-7-16)12-24-21(25-15)18-8-5-10-28(18)20(30)14-27-11-9-23-19(29)13-27/h2-4,6-7,12,18H,5,8-11,13-14H2,1H3,(H,23,29)(H,26,31)/t18-/m0/s1. The molecule has 1 atom stereocenters. The zero-order valence-electron chi connectivity index (χ0n) is 17.5. The van der Waals surface area contributed by atoms with Gasteiger partial charge in [-0.1, -0.05) is 18.2 Å². The Balaban J connectivity index is 1.44. The van der Waals surface area contributed by atoms with E-state index in [9.17, 15) is 14.4 Å². The molecule has 1 aromatic carbocycles. The Morgan fingerprint density at radius 3 is 2.77 bits per heavy atom. The third-order valence-corrected chi connectivity index (χ3v) is 5.62. The van der Waals surface area contributed by atoms with Gasteiger partial charge in [0.1, 0.15) is 0 Å². The summed E-state index contributed by atoms with van der Waals surface area (Å²) >= 11 is 0. The Bertz CT molecular complexity index is 980. The molecule has 0 saturated carbocycles. The molecule has 3 amide bonds. The summed E-state index contributed by atoms with van der Waals surface area (Å²) in [5.41, 5.74) is 1.68. The predicted octanol–water partition coefficient (Wildman–Crippen LogP) is 1.13. The summed E-state index contributed by atoms with van der Waals surface area (Å²) in [6.07, 6.45) is 3.18. The van der Waals surface area contributed by atoms with E-state index in [1.807, 2.05) is 35.2 Å². The minimum absolute atomic E-state index is 0.0237. The van der Waals surface area contributed by atoms with E-state index < -0.39 is 0 Å². The summed E-state index contributed by atoms with van der Waals surface area (Å²) in [7, 11) is 0. The number of aromatic nitrogens is 2. The Hall–Kier alpha value is -3.33. The highest BCUT2D eigenvalue weighted by Gasteiger charge is 2.33. The minimum atomic E-state index is -0.266. The average molecular weight is 422 g/mol. The number of rotatable bonds is 5. The molecule has 2 saturated heterocycles. The molecule has 2 N–H and O–H groups in total. The Kier molecular flexibility index (Phi) is 6.22. The van der Waals surface area contributed by atoms with E-state index in [1.165, 1.54) is 6.20 Å². The number of nitrogens with one attached hydrogen (secondary N) is 2. The quantitative estimate of drug-likeness (QED) is 0.748. The van der Waals surface area contributed by atoms with E-state index in [0.29, 0.717) is 42.4 Å². The molecule has 0 spiro atoms. The van der Waals surface area contributed by atoms with Gasteiger partial charge in [0.15, 0.2) is 5.82 Å². The molecule has 0 bridgehead atoms. The highest BCUT2D eigenvalue weighted by molar-refractivity contribution is 6.04. The smallest absolute Gasteiger partial charge is 0.259 e. The highest BCUT2D eigenvalue weighted by Crippen LogP contribution is 2.30. The second-order valence-corrected chi connectivity index (χ2v) is 7.85. The number of benzene rings is 1. The van der Waals surface area contributed by atoms with Gasteiger partial charge in [-0.3, -0.25) is 19.3 Å². The van der Waals surface area contributed by atoms with Crippen molar-refractivity contribution < 1.29 is 14.4 Å². The number of amides is 3. The molecular weight excluding hydrogens is 396 g/mol. The van der Waals surface area contributed by atoms with Crippen LogP contribution in [0, 0.1) is 6.92 Å². The number of piperazine rings is 1. The average Bonchev–Trinajstić information content (AvgIpc) is 3.24. The molecule has 2 aliphatic rings. The van der Waals surface area contributed by atoms with Gasteiger partial charge < -0.3 is 15.5 Å². The lowest BCUT2D eigenvalue weighted by Gasteiger charge is -2.30. The lowest BCUT2D eigenvalue weighted by molar-refractivity contribution is -0.134. The molecule has 2 aliphatic heterocycles. The first-order valence-electron chi connectivity index (χ1n) is 10.5. The van der Waals surface area contributed by atoms with Crippen molar-refractivity contribution in [2.45, 2.75) is 25.8 Å². The zero-order chi connectivity index (χ0) is 21.8. The molecule has 4 rings (SSSR count). The number of aryl methyl sites for hydroxylation is 1. The minimum Gasteiger partial charge on any atom is -0.354 e. The lowest BCUT2D eigenvalue weighted by Crippen LogP contribution is -2.51. The molecule has 3 heterocycles. The molecule has 162 valence electrons. The van der Waals surface area contributed by atoms with E-state index in [4.69, 9.17) is 0 Å². The van der Waals surface area contributed by atoms with Crippen LogP contribution in [0.4, 0.5) is 5.69 Å². The van der Waals surface area contributed by atoms with Crippen LogP contribution in [0.2, 0.25) is 0 Å². The Labute approximate surface area is 180 Å². The zero-order valence-corrected chi connectivity index (χ0v) is 17.5. The number of hydrogen-bond acceptors (Lipinski definition) is 6. The van der Waals surface area contributed by atoms with Crippen LogP contribution >= 0.6 is 0 Å². The van der Waals surface area contributed by atoms with Crippen molar-refractivity contribution in [3.05, 3.63) is 53.6 Å². The number of para-hydroxylation sites is 1. The molecule has 9 heteroatoms. The second-order valence-electron chi connectivity index (χ2n) is 7.85. The first kappa shape index (κ1) is 20.9. The largest absolute Gasteiger partial charge is 0.354 e. The maximum absolute atomic E-state index is 12.9. The molecule has 2 aromatic rings.